The number of nitrogens with two attached hydrogens (primary N) is 4. The molecular weight excluding hydrogens is 560 g/mol. The summed E-state index contributed by atoms with van der Waals surface area (Å²) in [6, 6.07) is -2.86. The third-order valence-corrected chi connectivity index (χ3v) is 6.48. The van der Waals surface area contributed by atoms with Crippen LogP contribution in [0.5, 0.6) is 0 Å². The van der Waals surface area contributed by atoms with Crippen LogP contribution < -0.4 is 22.9 Å². The SMILES string of the molecule is NCC1OC(OC2C(N)CC(N)C(OC3OC(CO)C(O)C(N)C3O)C2O)C(O)C(O)C1O.O.O=S(=O)(O)O. The van der Waals surface area contributed by atoms with Crippen molar-refractivity contribution in [1.82, 2.24) is 0 Å². The molecule has 3 rings (SSSR count). The summed E-state index contributed by atoms with van der Waals surface area (Å²) in [5.41, 5.74) is 23.5. The van der Waals surface area contributed by atoms with Gasteiger partial charge in [0.1, 0.15) is 61.0 Å². The third-order valence-electron chi connectivity index (χ3n) is 6.48. The van der Waals surface area contributed by atoms with E-state index in [9.17, 15) is 35.7 Å². The summed E-state index contributed by atoms with van der Waals surface area (Å²) >= 11 is 0. The van der Waals surface area contributed by atoms with Crippen LogP contribution in [0.15, 0.2) is 0 Å². The van der Waals surface area contributed by atoms with Crippen molar-refractivity contribution >= 4 is 10.4 Å². The minimum absolute atomic E-state index is 0. The smallest absolute Gasteiger partial charge is 0.394 e. The largest absolute Gasteiger partial charge is 0.412 e. The van der Waals surface area contributed by atoms with E-state index in [1.54, 1.807) is 0 Å². The molecule has 234 valence electrons. The molecule has 21 heteroatoms. The Hall–Kier alpha value is -0.770. The lowest BCUT2D eigenvalue weighted by atomic mass is 9.84. The lowest BCUT2D eigenvalue weighted by molar-refractivity contribution is -0.332. The summed E-state index contributed by atoms with van der Waals surface area (Å²) in [5.74, 6) is 0. The Balaban J connectivity index is 0.00000116. The molecule has 0 aromatic rings. The predicted molar refractivity (Wildman–Crippen MR) is 126 cm³/mol. The second kappa shape index (κ2) is 14.9. The van der Waals surface area contributed by atoms with Gasteiger partial charge in [-0.05, 0) is 6.42 Å². The van der Waals surface area contributed by atoms with Gasteiger partial charge in [0, 0.05) is 18.6 Å². The molecule has 2 saturated heterocycles. The van der Waals surface area contributed by atoms with E-state index in [0.717, 1.165) is 0 Å². The second-order valence-corrected chi connectivity index (χ2v) is 10.1. The lowest BCUT2D eigenvalue weighted by Gasteiger charge is -2.48. The van der Waals surface area contributed by atoms with Crippen molar-refractivity contribution in [2.45, 2.75) is 98.2 Å². The average molecular weight is 601 g/mol. The Morgan fingerprint density at radius 3 is 1.59 bits per heavy atom. The highest BCUT2D eigenvalue weighted by molar-refractivity contribution is 7.79. The topological polar surface area (TPSA) is 389 Å². The van der Waals surface area contributed by atoms with Gasteiger partial charge >= 0.3 is 10.4 Å². The molecule has 0 amide bonds. The summed E-state index contributed by atoms with van der Waals surface area (Å²) < 4.78 is 53.8. The minimum Gasteiger partial charge on any atom is -0.412 e. The Bertz CT molecular complexity index is 784. The van der Waals surface area contributed by atoms with E-state index in [1.165, 1.54) is 0 Å². The van der Waals surface area contributed by atoms with Gasteiger partial charge in [0.2, 0.25) is 0 Å². The van der Waals surface area contributed by atoms with Crippen LogP contribution in [0.25, 0.3) is 0 Å². The normalized spacial score (nSPS) is 46.9. The van der Waals surface area contributed by atoms with Gasteiger partial charge < -0.3 is 83.1 Å². The number of rotatable bonds is 6. The van der Waals surface area contributed by atoms with Crippen LogP contribution >= 0.6 is 0 Å². The van der Waals surface area contributed by atoms with E-state index in [4.69, 9.17) is 59.4 Å². The molecule has 15 atom stereocenters. The Morgan fingerprint density at radius 1 is 0.718 bits per heavy atom. The van der Waals surface area contributed by atoms with Crippen LogP contribution in [-0.2, 0) is 29.3 Å². The fourth-order valence-electron chi connectivity index (χ4n) is 4.40. The Kier molecular flexibility index (Phi) is 13.9. The van der Waals surface area contributed by atoms with Crippen molar-refractivity contribution in [2.24, 2.45) is 22.9 Å². The standard InChI is InChI=1S/C18H36N4O11.H2O4S.H2O/c19-2-6-10(25)12(27)13(28)18(30-6)33-16-5(21)1-4(20)15(14(16)29)32-17-11(26)8(22)9(24)7(3-23)31-17;1-5(2,3)4;/h4-18,23-29H,1-3,19-22H2;(H2,1,2,3,4);1H2. The molecular formula is C18H40N4O16S. The van der Waals surface area contributed by atoms with E-state index in [-0.39, 0.29) is 18.4 Å². The fraction of sp³-hybridized carbons (Fsp3) is 1.00. The van der Waals surface area contributed by atoms with Crippen molar-refractivity contribution in [1.29, 1.82) is 0 Å². The first kappa shape index (κ1) is 36.3. The molecule has 0 aromatic carbocycles. The molecule has 1 saturated carbocycles. The number of hydrogen-bond acceptors (Lipinski definition) is 17. The third kappa shape index (κ3) is 9.11. The Labute approximate surface area is 222 Å². The van der Waals surface area contributed by atoms with Crippen molar-refractivity contribution in [2.75, 3.05) is 13.2 Å². The highest BCUT2D eigenvalue weighted by Crippen LogP contribution is 2.31. The zero-order valence-electron chi connectivity index (χ0n) is 20.5. The van der Waals surface area contributed by atoms with E-state index in [0.29, 0.717) is 0 Å². The van der Waals surface area contributed by atoms with Crippen LogP contribution in [0.3, 0.4) is 0 Å². The first-order valence-electron chi connectivity index (χ1n) is 11.5. The van der Waals surface area contributed by atoms with Crippen LogP contribution in [0.4, 0.5) is 0 Å². The van der Waals surface area contributed by atoms with Gasteiger partial charge in [-0.2, -0.15) is 8.42 Å². The maximum absolute atomic E-state index is 10.9. The van der Waals surface area contributed by atoms with E-state index in [1.807, 2.05) is 0 Å². The zero-order valence-corrected chi connectivity index (χ0v) is 21.3. The van der Waals surface area contributed by atoms with Crippen LogP contribution in [-0.4, -0.2) is 164 Å². The van der Waals surface area contributed by atoms with Crippen molar-refractivity contribution in [3.8, 4) is 0 Å². The highest BCUT2D eigenvalue weighted by Gasteiger charge is 2.51. The van der Waals surface area contributed by atoms with Crippen molar-refractivity contribution in [3.63, 3.8) is 0 Å². The van der Waals surface area contributed by atoms with Gasteiger partial charge in [0.25, 0.3) is 0 Å². The van der Waals surface area contributed by atoms with Crippen LogP contribution in [0.1, 0.15) is 6.42 Å². The van der Waals surface area contributed by atoms with E-state index < -0.39 is 109 Å². The number of aliphatic hydroxyl groups excluding tert-OH is 7. The van der Waals surface area contributed by atoms with Gasteiger partial charge in [0.15, 0.2) is 12.6 Å². The molecule has 0 radical (unpaired) electrons. The first-order chi connectivity index (χ1) is 17.5. The predicted octanol–water partition coefficient (Wildman–Crippen LogP) is -8.77. The molecule has 2 aliphatic heterocycles. The molecule has 0 spiro atoms. The minimum atomic E-state index is -4.67. The molecule has 3 fully saturated rings. The zero-order chi connectivity index (χ0) is 29.1. The maximum Gasteiger partial charge on any atom is 0.394 e. The maximum atomic E-state index is 10.9. The summed E-state index contributed by atoms with van der Waals surface area (Å²) in [6.07, 6.45) is -16.5. The van der Waals surface area contributed by atoms with Gasteiger partial charge in [-0.15, -0.1) is 0 Å². The van der Waals surface area contributed by atoms with Crippen LogP contribution in [0, 0.1) is 0 Å². The number of ether oxygens (including phenoxy) is 4. The summed E-state index contributed by atoms with van der Waals surface area (Å²) in [5, 5.41) is 70.9. The molecule has 0 aromatic heterocycles. The average Bonchev–Trinajstić information content (AvgIpc) is 2.83. The quantitative estimate of drug-likeness (QED) is 0.126. The molecule has 19 N–H and O–H groups in total. The fourth-order valence-corrected chi connectivity index (χ4v) is 4.40. The van der Waals surface area contributed by atoms with Gasteiger partial charge in [-0.25, -0.2) is 0 Å². The van der Waals surface area contributed by atoms with Crippen LogP contribution in [0.2, 0.25) is 0 Å². The van der Waals surface area contributed by atoms with Gasteiger partial charge in [-0.3, -0.25) is 9.11 Å². The summed E-state index contributed by atoms with van der Waals surface area (Å²) in [7, 11) is -4.67. The lowest BCUT2D eigenvalue weighted by Crippen LogP contribution is -2.68. The summed E-state index contributed by atoms with van der Waals surface area (Å²) in [4.78, 5) is 0. The second-order valence-electron chi connectivity index (χ2n) is 9.24. The first-order valence-corrected chi connectivity index (χ1v) is 12.9. The van der Waals surface area contributed by atoms with Gasteiger partial charge in [0.05, 0.1) is 12.6 Å². The molecule has 0 bridgehead atoms. The molecule has 2 heterocycles. The molecule has 20 nitrogen and oxygen atoms in total. The van der Waals surface area contributed by atoms with Gasteiger partial charge in [-0.1, -0.05) is 0 Å². The number of aliphatic hydroxyl groups is 7. The molecule has 1 aliphatic carbocycles. The number of hydrogen-bond donors (Lipinski definition) is 13. The highest BCUT2D eigenvalue weighted by atomic mass is 32.3. The Morgan fingerprint density at radius 2 is 1.15 bits per heavy atom. The molecule has 39 heavy (non-hydrogen) atoms. The molecule has 3 aliphatic rings. The van der Waals surface area contributed by atoms with E-state index >= 15 is 0 Å². The molecule has 15 unspecified atom stereocenters. The van der Waals surface area contributed by atoms with E-state index in [2.05, 4.69) is 0 Å². The van der Waals surface area contributed by atoms with Crippen molar-refractivity contribution in [3.05, 3.63) is 0 Å². The van der Waals surface area contributed by atoms with Crippen molar-refractivity contribution < 1.29 is 77.7 Å². The summed E-state index contributed by atoms with van der Waals surface area (Å²) in [6.45, 7) is -0.763. The monoisotopic (exact) mass is 600 g/mol.